The van der Waals surface area contributed by atoms with Crippen LogP contribution in [0.4, 0.5) is 0 Å². The van der Waals surface area contributed by atoms with E-state index in [1.165, 1.54) is 70.3 Å². The summed E-state index contributed by atoms with van der Waals surface area (Å²) in [5.74, 6) is 5.81. The van der Waals surface area contributed by atoms with E-state index < -0.39 is 0 Å². The predicted molar refractivity (Wildman–Crippen MR) is 126 cm³/mol. The first-order valence-electron chi connectivity index (χ1n) is 13.5. The third-order valence-corrected chi connectivity index (χ3v) is 11.6. The van der Waals surface area contributed by atoms with E-state index >= 15 is 0 Å². The molecule has 6 fully saturated rings. The third-order valence-electron chi connectivity index (χ3n) is 11.6. The SMILES string of the molecule is C=CC(=O)OC1(C23CC4CC(CC(C4)C2)C3)C(C)C[C@H](C)[C@@H]2C[C@H](C(C)C)CC[C@]21C. The predicted octanol–water partition coefficient (Wildman–Crippen LogP) is 7.43. The fraction of sp³-hybridized carbons (Fsp3) is 0.897. The Morgan fingerprint density at radius 2 is 1.58 bits per heavy atom. The van der Waals surface area contributed by atoms with Gasteiger partial charge in [0.15, 0.2) is 0 Å². The minimum absolute atomic E-state index is 0.0831. The van der Waals surface area contributed by atoms with Gasteiger partial charge in [0.05, 0.1) is 0 Å². The molecule has 6 atom stereocenters. The fourth-order valence-corrected chi connectivity index (χ4v) is 11.0. The lowest BCUT2D eigenvalue weighted by Crippen LogP contribution is -2.73. The van der Waals surface area contributed by atoms with E-state index in [1.807, 2.05) is 0 Å². The summed E-state index contributed by atoms with van der Waals surface area (Å²) in [6, 6.07) is 0. The van der Waals surface area contributed by atoms with E-state index in [2.05, 4.69) is 41.2 Å². The Morgan fingerprint density at radius 3 is 2.10 bits per heavy atom. The van der Waals surface area contributed by atoms with Crippen molar-refractivity contribution in [2.45, 2.75) is 104 Å². The standard InChI is InChI=1S/C29H46O2/c1-7-26(30)31-29(28-15-21-11-22(16-28)13-23(12-21)17-28)20(5)10-19(4)25-14-24(18(2)3)8-9-27(25,29)6/h7,18-25H,1,8-17H2,2-6H3/t19-,20?,21?,22?,23?,24+,25-,27+,28?,29?/m0/s1. The van der Waals surface area contributed by atoms with E-state index in [4.69, 9.17) is 4.74 Å². The van der Waals surface area contributed by atoms with Gasteiger partial charge in [0.2, 0.25) is 0 Å². The first kappa shape index (κ1) is 22.0. The van der Waals surface area contributed by atoms with Crippen LogP contribution in [-0.2, 0) is 9.53 Å². The van der Waals surface area contributed by atoms with Crippen molar-refractivity contribution >= 4 is 5.97 Å². The van der Waals surface area contributed by atoms with Crippen LogP contribution < -0.4 is 0 Å². The number of esters is 1. The second-order valence-electron chi connectivity index (χ2n) is 13.5. The van der Waals surface area contributed by atoms with Crippen LogP contribution in [0.1, 0.15) is 98.8 Å². The Bertz CT molecular complexity index is 702. The summed E-state index contributed by atoms with van der Waals surface area (Å²) in [5.41, 5.74) is -0.0438. The van der Waals surface area contributed by atoms with Gasteiger partial charge in [0, 0.05) is 16.9 Å². The maximum absolute atomic E-state index is 13.1. The van der Waals surface area contributed by atoms with Crippen molar-refractivity contribution in [3.8, 4) is 0 Å². The molecule has 6 rings (SSSR count). The van der Waals surface area contributed by atoms with Gasteiger partial charge in [-0.15, -0.1) is 0 Å². The first-order valence-corrected chi connectivity index (χ1v) is 13.5. The van der Waals surface area contributed by atoms with Crippen molar-refractivity contribution < 1.29 is 9.53 Å². The molecule has 2 heteroatoms. The molecule has 174 valence electrons. The van der Waals surface area contributed by atoms with Crippen molar-refractivity contribution in [3.05, 3.63) is 12.7 Å². The molecule has 0 aromatic heterocycles. The van der Waals surface area contributed by atoms with E-state index in [1.54, 1.807) is 0 Å². The molecule has 31 heavy (non-hydrogen) atoms. The average molecular weight is 427 g/mol. The van der Waals surface area contributed by atoms with Crippen LogP contribution in [0.25, 0.3) is 0 Å². The summed E-state index contributed by atoms with van der Waals surface area (Å²) >= 11 is 0. The molecule has 4 bridgehead atoms. The molecule has 6 saturated carbocycles. The highest BCUT2D eigenvalue weighted by atomic mass is 16.6. The normalized spacial score (nSPS) is 53.3. The Kier molecular flexibility index (Phi) is 5.23. The van der Waals surface area contributed by atoms with E-state index in [0.717, 1.165) is 29.6 Å². The Labute approximate surface area is 191 Å². The van der Waals surface area contributed by atoms with Crippen LogP contribution in [0.5, 0.6) is 0 Å². The van der Waals surface area contributed by atoms with Crippen molar-refractivity contribution in [1.82, 2.24) is 0 Å². The molecule has 0 aromatic carbocycles. The van der Waals surface area contributed by atoms with Crippen LogP contribution in [0, 0.1) is 58.2 Å². The minimum Gasteiger partial charge on any atom is -0.454 e. The highest BCUT2D eigenvalue weighted by molar-refractivity contribution is 5.81. The zero-order valence-electron chi connectivity index (χ0n) is 20.8. The monoisotopic (exact) mass is 426 g/mol. The number of ether oxygens (including phenoxy) is 1. The zero-order valence-corrected chi connectivity index (χ0v) is 20.8. The van der Waals surface area contributed by atoms with Crippen molar-refractivity contribution in [1.29, 1.82) is 0 Å². The molecular formula is C29H46O2. The van der Waals surface area contributed by atoms with Crippen LogP contribution in [0.3, 0.4) is 0 Å². The van der Waals surface area contributed by atoms with Gasteiger partial charge in [-0.1, -0.05) is 41.2 Å². The molecular weight excluding hydrogens is 380 g/mol. The number of hydrogen-bond acceptors (Lipinski definition) is 2. The van der Waals surface area contributed by atoms with E-state index in [0.29, 0.717) is 17.8 Å². The summed E-state index contributed by atoms with van der Waals surface area (Å²) in [5, 5.41) is 0. The van der Waals surface area contributed by atoms with Gasteiger partial charge >= 0.3 is 5.97 Å². The maximum Gasteiger partial charge on any atom is 0.330 e. The second-order valence-corrected chi connectivity index (χ2v) is 13.5. The molecule has 0 N–H and O–H groups in total. The Hall–Kier alpha value is -0.790. The fourth-order valence-electron chi connectivity index (χ4n) is 11.0. The average Bonchev–Trinajstić information content (AvgIpc) is 2.69. The number of rotatable bonds is 4. The number of fused-ring (bicyclic) bond motifs is 1. The summed E-state index contributed by atoms with van der Waals surface area (Å²) in [7, 11) is 0. The summed E-state index contributed by atoms with van der Waals surface area (Å²) in [4.78, 5) is 13.1. The molecule has 0 heterocycles. The van der Waals surface area contributed by atoms with Gasteiger partial charge < -0.3 is 4.74 Å². The summed E-state index contributed by atoms with van der Waals surface area (Å²) < 4.78 is 6.88. The third kappa shape index (κ3) is 2.98. The van der Waals surface area contributed by atoms with Gasteiger partial charge in [0.1, 0.15) is 5.60 Å². The molecule has 0 amide bonds. The smallest absolute Gasteiger partial charge is 0.330 e. The highest BCUT2D eigenvalue weighted by Gasteiger charge is 2.73. The quantitative estimate of drug-likeness (QED) is 0.345. The van der Waals surface area contributed by atoms with Crippen LogP contribution in [0.15, 0.2) is 12.7 Å². The van der Waals surface area contributed by atoms with Gasteiger partial charge in [-0.3, -0.25) is 0 Å². The molecule has 6 aliphatic carbocycles. The number of carbonyl (C=O) groups is 1. The largest absolute Gasteiger partial charge is 0.454 e. The number of hydrogen-bond donors (Lipinski definition) is 0. The minimum atomic E-state index is -0.319. The Balaban J connectivity index is 1.65. The lowest BCUT2D eigenvalue weighted by Gasteiger charge is -2.73. The van der Waals surface area contributed by atoms with Crippen molar-refractivity contribution in [3.63, 3.8) is 0 Å². The molecule has 2 unspecified atom stereocenters. The van der Waals surface area contributed by atoms with Gasteiger partial charge in [-0.25, -0.2) is 4.79 Å². The summed E-state index contributed by atoms with van der Waals surface area (Å²) in [6.07, 6.45) is 14.7. The maximum atomic E-state index is 13.1. The molecule has 0 aromatic rings. The number of carbonyl (C=O) groups excluding carboxylic acids is 1. The zero-order chi connectivity index (χ0) is 22.2. The first-order chi connectivity index (χ1) is 14.6. The molecule has 2 nitrogen and oxygen atoms in total. The lowest BCUT2D eigenvalue weighted by atomic mass is 9.34. The van der Waals surface area contributed by atoms with E-state index in [-0.39, 0.29) is 22.4 Å². The van der Waals surface area contributed by atoms with E-state index in [9.17, 15) is 4.79 Å². The van der Waals surface area contributed by atoms with Crippen molar-refractivity contribution in [2.24, 2.45) is 58.2 Å². The van der Waals surface area contributed by atoms with Gasteiger partial charge in [0.25, 0.3) is 0 Å². The molecule has 0 saturated heterocycles. The van der Waals surface area contributed by atoms with Crippen molar-refractivity contribution in [2.75, 3.05) is 0 Å². The highest BCUT2D eigenvalue weighted by Crippen LogP contribution is 2.74. The van der Waals surface area contributed by atoms with Crippen LogP contribution in [-0.4, -0.2) is 11.6 Å². The second kappa shape index (κ2) is 7.36. The van der Waals surface area contributed by atoms with Crippen LogP contribution in [0.2, 0.25) is 0 Å². The Morgan fingerprint density at radius 1 is 1.00 bits per heavy atom. The molecule has 0 radical (unpaired) electrons. The molecule has 0 aliphatic heterocycles. The van der Waals surface area contributed by atoms with Gasteiger partial charge in [-0.05, 0) is 112 Å². The summed E-state index contributed by atoms with van der Waals surface area (Å²) in [6.45, 7) is 16.2. The molecule has 6 aliphatic rings. The van der Waals surface area contributed by atoms with Crippen LogP contribution >= 0.6 is 0 Å². The molecule has 0 spiro atoms. The van der Waals surface area contributed by atoms with Gasteiger partial charge in [-0.2, -0.15) is 0 Å². The topological polar surface area (TPSA) is 26.3 Å². The lowest BCUT2D eigenvalue weighted by molar-refractivity contribution is -0.302.